The lowest BCUT2D eigenvalue weighted by molar-refractivity contribution is 0.102. The van der Waals surface area contributed by atoms with Gasteiger partial charge in [-0.1, -0.05) is 13.3 Å². The van der Waals surface area contributed by atoms with Gasteiger partial charge >= 0.3 is 8.69 Å². The predicted molar refractivity (Wildman–Crippen MR) is 40.7 cm³/mol. The maximum Gasteiger partial charge on any atom is 0.494 e. The Morgan fingerprint density at radius 1 is 1.30 bits per heavy atom. The lowest BCUT2D eigenvalue weighted by Gasteiger charge is -1.97. The molecule has 0 aliphatic carbocycles. The zero-order valence-electron chi connectivity index (χ0n) is 6.26. The first-order chi connectivity index (χ1) is 4.91. The van der Waals surface area contributed by atoms with Crippen LogP contribution in [0.2, 0.25) is 0 Å². The fraction of sp³-hybridized carbons (Fsp3) is 1.00. The van der Waals surface area contributed by atoms with Crippen LogP contribution in [-0.2, 0) is 13.8 Å². The minimum Gasteiger partial charge on any atom is -0.379 e. The Labute approximate surface area is 63.0 Å². The van der Waals surface area contributed by atoms with Crippen LogP contribution in [0.4, 0.5) is 0 Å². The minimum atomic E-state index is -0.660. The van der Waals surface area contributed by atoms with E-state index in [4.69, 9.17) is 4.74 Å². The number of ether oxygens (including phenoxy) is 1. The van der Waals surface area contributed by atoms with E-state index in [0.717, 1.165) is 19.4 Å². The second-order valence-corrected chi connectivity index (χ2v) is 2.35. The van der Waals surface area contributed by atoms with Gasteiger partial charge in [0.15, 0.2) is 0 Å². The smallest absolute Gasteiger partial charge is 0.379 e. The molecule has 0 aliphatic heterocycles. The number of hydrogen-bond donors (Lipinski definition) is 0. The van der Waals surface area contributed by atoms with Gasteiger partial charge < -0.3 is 4.74 Å². The Bertz CT molecular complexity index is 77.4. The van der Waals surface area contributed by atoms with Crippen LogP contribution in [0.5, 0.6) is 0 Å². The van der Waals surface area contributed by atoms with Crippen LogP contribution in [-0.4, -0.2) is 19.8 Å². The molecule has 10 heavy (non-hydrogen) atoms. The molecule has 0 aromatic rings. The maximum atomic E-state index is 9.77. The van der Waals surface area contributed by atoms with Crippen molar-refractivity contribution in [2.24, 2.45) is 0 Å². The van der Waals surface area contributed by atoms with Crippen molar-refractivity contribution in [3.63, 3.8) is 0 Å². The first-order valence-corrected chi connectivity index (χ1v) is 4.30. The highest BCUT2D eigenvalue weighted by atomic mass is 31.1. The third-order valence-corrected chi connectivity index (χ3v) is 1.35. The van der Waals surface area contributed by atoms with Gasteiger partial charge in [0.25, 0.3) is 0 Å². The van der Waals surface area contributed by atoms with Crippen molar-refractivity contribution in [3.05, 3.63) is 0 Å². The van der Waals surface area contributed by atoms with Crippen molar-refractivity contribution in [2.45, 2.75) is 19.8 Å². The lowest BCUT2D eigenvalue weighted by atomic mass is 10.4. The Morgan fingerprint density at radius 3 is 2.70 bits per heavy atom. The van der Waals surface area contributed by atoms with Crippen LogP contribution in [0.25, 0.3) is 0 Å². The summed E-state index contributed by atoms with van der Waals surface area (Å²) >= 11 is 0. The van der Waals surface area contributed by atoms with Gasteiger partial charge in [0, 0.05) is 6.61 Å². The van der Waals surface area contributed by atoms with Gasteiger partial charge in [-0.2, -0.15) is 0 Å². The molecule has 4 heteroatoms. The molecule has 0 aromatic heterocycles. The molecule has 1 atom stereocenters. The van der Waals surface area contributed by atoms with Gasteiger partial charge in [0.2, 0.25) is 0 Å². The van der Waals surface area contributed by atoms with E-state index in [1.807, 2.05) is 0 Å². The zero-order valence-corrected chi connectivity index (χ0v) is 7.26. The third kappa shape index (κ3) is 8.02. The van der Waals surface area contributed by atoms with Crippen LogP contribution in [0.1, 0.15) is 19.8 Å². The second kappa shape index (κ2) is 9.02. The summed E-state index contributed by atoms with van der Waals surface area (Å²) in [5.41, 5.74) is 0. The van der Waals surface area contributed by atoms with Crippen molar-refractivity contribution in [1.82, 2.24) is 0 Å². The van der Waals surface area contributed by atoms with Gasteiger partial charge in [0.1, 0.15) is 6.61 Å². The molecule has 0 amide bonds. The quantitative estimate of drug-likeness (QED) is 0.426. The summed E-state index contributed by atoms with van der Waals surface area (Å²) in [5, 5.41) is 0. The second-order valence-electron chi connectivity index (χ2n) is 1.90. The Morgan fingerprint density at radius 2 is 2.10 bits per heavy atom. The number of rotatable bonds is 7. The fourth-order valence-corrected chi connectivity index (χ4v) is 0.657. The van der Waals surface area contributed by atoms with E-state index >= 15 is 0 Å². The van der Waals surface area contributed by atoms with Crippen LogP contribution in [0.15, 0.2) is 0 Å². The third-order valence-electron chi connectivity index (χ3n) is 1.03. The van der Waals surface area contributed by atoms with E-state index in [9.17, 15) is 4.57 Å². The molecule has 0 bridgehead atoms. The Kier molecular flexibility index (Phi) is 9.04. The van der Waals surface area contributed by atoms with Crippen LogP contribution < -0.4 is 0 Å². The summed E-state index contributed by atoms with van der Waals surface area (Å²) in [4.78, 5) is 0. The van der Waals surface area contributed by atoms with E-state index in [1.54, 1.807) is 0 Å². The Balaban J connectivity index is 2.70. The molecule has 1 unspecified atom stereocenters. The van der Waals surface area contributed by atoms with E-state index < -0.39 is 8.69 Å². The Hall–Kier alpha value is 0.0200. The lowest BCUT2D eigenvalue weighted by Crippen LogP contribution is -2.00. The topological polar surface area (TPSA) is 35.5 Å². The van der Waals surface area contributed by atoms with Gasteiger partial charge in [0.05, 0.1) is 6.61 Å². The van der Waals surface area contributed by atoms with Crippen molar-refractivity contribution >= 4 is 8.69 Å². The molecule has 0 spiro atoms. The molecule has 3 nitrogen and oxygen atoms in total. The average molecular weight is 165 g/mol. The van der Waals surface area contributed by atoms with Gasteiger partial charge in [-0.25, -0.2) is 0 Å². The molecular formula is C6H14O3P+. The normalized spacial score (nSPS) is 10.5. The summed E-state index contributed by atoms with van der Waals surface area (Å²) in [5.74, 6) is 0. The molecule has 0 radical (unpaired) electrons. The predicted octanol–water partition coefficient (Wildman–Crippen LogP) is 1.76. The van der Waals surface area contributed by atoms with E-state index in [0.29, 0.717) is 13.2 Å². The first kappa shape index (κ1) is 10.0. The highest BCUT2D eigenvalue weighted by Crippen LogP contribution is 1.93. The summed E-state index contributed by atoms with van der Waals surface area (Å²) in [6, 6.07) is 0. The molecule has 60 valence electrons. The summed E-state index contributed by atoms with van der Waals surface area (Å²) < 4.78 is 19.4. The van der Waals surface area contributed by atoms with E-state index in [1.165, 1.54) is 0 Å². The monoisotopic (exact) mass is 165 g/mol. The van der Waals surface area contributed by atoms with Crippen molar-refractivity contribution in [3.8, 4) is 0 Å². The molecular weight excluding hydrogens is 151 g/mol. The SMILES string of the molecule is CCCCOCCO[PH+]=O. The summed E-state index contributed by atoms with van der Waals surface area (Å²) in [7, 11) is -0.660. The zero-order chi connectivity index (χ0) is 7.66. The van der Waals surface area contributed by atoms with Crippen LogP contribution in [0.3, 0.4) is 0 Å². The van der Waals surface area contributed by atoms with E-state index in [2.05, 4.69) is 11.4 Å². The maximum absolute atomic E-state index is 9.77. The van der Waals surface area contributed by atoms with E-state index in [-0.39, 0.29) is 0 Å². The standard InChI is InChI=1S/C6H14O3P/c1-2-3-4-8-5-6-9-10-7/h10H,2-6H2,1H3/q+1. The number of unbranched alkanes of at least 4 members (excludes halogenated alkanes) is 1. The fourth-order valence-electron chi connectivity index (χ4n) is 0.491. The highest BCUT2D eigenvalue weighted by Gasteiger charge is 1.91. The average Bonchev–Trinajstić information content (AvgIpc) is 1.97. The molecule has 0 aliphatic rings. The minimum absolute atomic E-state index is 0.436. The summed E-state index contributed by atoms with van der Waals surface area (Å²) in [6.07, 6.45) is 2.23. The molecule has 0 saturated carbocycles. The first-order valence-electron chi connectivity index (χ1n) is 3.48. The van der Waals surface area contributed by atoms with Crippen LogP contribution in [0, 0.1) is 0 Å². The van der Waals surface area contributed by atoms with Gasteiger partial charge in [-0.3, -0.25) is 0 Å². The largest absolute Gasteiger partial charge is 0.494 e. The van der Waals surface area contributed by atoms with Crippen molar-refractivity contribution < 1.29 is 13.8 Å². The number of hydrogen-bond acceptors (Lipinski definition) is 3. The molecule has 0 aromatic carbocycles. The molecule has 0 heterocycles. The molecule has 0 fully saturated rings. The molecule has 0 N–H and O–H groups in total. The van der Waals surface area contributed by atoms with Crippen molar-refractivity contribution in [2.75, 3.05) is 19.8 Å². The summed E-state index contributed by atoms with van der Waals surface area (Å²) in [6.45, 7) is 3.88. The van der Waals surface area contributed by atoms with Crippen molar-refractivity contribution in [1.29, 1.82) is 0 Å². The molecule has 0 saturated heterocycles. The van der Waals surface area contributed by atoms with Gasteiger partial charge in [-0.05, 0) is 11.0 Å². The van der Waals surface area contributed by atoms with Crippen LogP contribution >= 0.6 is 8.69 Å². The molecule has 0 rings (SSSR count). The highest BCUT2D eigenvalue weighted by molar-refractivity contribution is 7.17. The van der Waals surface area contributed by atoms with Gasteiger partial charge in [-0.15, -0.1) is 4.52 Å².